The van der Waals surface area contributed by atoms with Gasteiger partial charge in [-0.2, -0.15) is 5.26 Å². The van der Waals surface area contributed by atoms with Gasteiger partial charge in [-0.25, -0.2) is 0 Å². The van der Waals surface area contributed by atoms with Crippen LogP contribution >= 0.6 is 0 Å². The minimum atomic E-state index is -0.569. The van der Waals surface area contributed by atoms with Crippen molar-refractivity contribution in [2.24, 2.45) is 5.92 Å². The largest absolute Gasteiger partial charge is 0.367 e. The third-order valence-corrected chi connectivity index (χ3v) is 3.25. The van der Waals surface area contributed by atoms with Crippen LogP contribution in [-0.2, 0) is 4.74 Å². The maximum atomic E-state index is 9.50. The summed E-state index contributed by atoms with van der Waals surface area (Å²) in [4.78, 5) is 0. The Morgan fingerprint density at radius 2 is 1.88 bits per heavy atom. The van der Waals surface area contributed by atoms with E-state index in [0.29, 0.717) is 5.92 Å². The Bertz CT molecular complexity index is 302. The molecule has 1 aliphatic heterocycles. The van der Waals surface area contributed by atoms with Gasteiger partial charge < -0.3 is 4.74 Å². The van der Waals surface area contributed by atoms with Gasteiger partial charge in [-0.3, -0.25) is 5.32 Å². The van der Waals surface area contributed by atoms with Crippen LogP contribution in [0.15, 0.2) is 0 Å². The van der Waals surface area contributed by atoms with E-state index in [-0.39, 0.29) is 5.60 Å². The summed E-state index contributed by atoms with van der Waals surface area (Å²) in [5.74, 6) is 0.532. The molecule has 1 saturated heterocycles. The molecule has 0 spiro atoms. The first-order valence-corrected chi connectivity index (χ1v) is 6.01. The number of hydrogen-bond acceptors (Lipinski definition) is 3. The van der Waals surface area contributed by atoms with E-state index in [9.17, 15) is 5.26 Å². The van der Waals surface area contributed by atoms with Crippen molar-refractivity contribution in [1.29, 1.82) is 5.26 Å². The van der Waals surface area contributed by atoms with Gasteiger partial charge in [0.15, 0.2) is 0 Å². The number of hydrogen-bond donors (Lipinski definition) is 1. The van der Waals surface area contributed by atoms with Gasteiger partial charge in [0, 0.05) is 6.42 Å². The second kappa shape index (κ2) is 4.01. The number of nitriles is 1. The Labute approximate surface area is 99.2 Å². The first-order valence-electron chi connectivity index (χ1n) is 6.01. The van der Waals surface area contributed by atoms with E-state index in [0.717, 1.165) is 13.0 Å². The lowest BCUT2D eigenvalue weighted by molar-refractivity contribution is -0.0767. The minimum Gasteiger partial charge on any atom is -0.367 e. The molecule has 0 aromatic rings. The number of nitrogens with zero attached hydrogens (tertiary/aromatic N) is 1. The average molecular weight is 224 g/mol. The van der Waals surface area contributed by atoms with E-state index in [1.165, 1.54) is 0 Å². The van der Waals surface area contributed by atoms with Crippen molar-refractivity contribution < 1.29 is 4.74 Å². The molecule has 0 amide bonds. The minimum absolute atomic E-state index is 0.233. The fourth-order valence-electron chi connectivity index (χ4n) is 2.53. The SMILES string of the molecule is CC(C)CNC1(C#N)CC(C)(C)OC1(C)C. The third-order valence-electron chi connectivity index (χ3n) is 3.25. The Kier molecular flexibility index (Phi) is 3.38. The highest BCUT2D eigenvalue weighted by molar-refractivity contribution is 5.23. The Morgan fingerprint density at radius 3 is 2.19 bits per heavy atom. The highest BCUT2D eigenvalue weighted by atomic mass is 16.5. The lowest BCUT2D eigenvalue weighted by atomic mass is 9.80. The molecule has 0 aromatic carbocycles. The maximum absolute atomic E-state index is 9.50. The van der Waals surface area contributed by atoms with E-state index in [4.69, 9.17) is 4.74 Å². The molecule has 0 saturated carbocycles. The molecular weight excluding hydrogens is 200 g/mol. The molecule has 0 radical (unpaired) electrons. The van der Waals surface area contributed by atoms with Gasteiger partial charge in [-0.1, -0.05) is 13.8 Å². The van der Waals surface area contributed by atoms with Crippen molar-refractivity contribution in [3.8, 4) is 6.07 Å². The van der Waals surface area contributed by atoms with E-state index in [2.05, 4.69) is 25.2 Å². The second-order valence-corrected chi connectivity index (χ2v) is 6.34. The Hall–Kier alpha value is -0.590. The van der Waals surface area contributed by atoms with Crippen LogP contribution in [0.4, 0.5) is 0 Å². The van der Waals surface area contributed by atoms with Crippen molar-refractivity contribution in [1.82, 2.24) is 5.32 Å². The second-order valence-electron chi connectivity index (χ2n) is 6.34. The zero-order chi connectivity index (χ0) is 12.6. The molecule has 1 N–H and O–H groups in total. The standard InChI is InChI=1S/C13H24N2O/c1-10(2)7-15-13(9-14)8-11(3,4)16-12(13,5)6/h10,15H,7-8H2,1-6H3. The van der Waals surface area contributed by atoms with Gasteiger partial charge in [0.05, 0.1) is 17.3 Å². The molecule has 1 unspecified atom stereocenters. The fourth-order valence-corrected chi connectivity index (χ4v) is 2.53. The molecule has 92 valence electrons. The predicted molar refractivity (Wildman–Crippen MR) is 65.0 cm³/mol. The smallest absolute Gasteiger partial charge is 0.138 e. The van der Waals surface area contributed by atoms with Gasteiger partial charge in [-0.05, 0) is 40.2 Å². The van der Waals surface area contributed by atoms with Crippen LogP contribution in [0.1, 0.15) is 48.0 Å². The number of nitrogens with one attached hydrogen (secondary N) is 1. The van der Waals surface area contributed by atoms with Crippen LogP contribution < -0.4 is 5.32 Å². The van der Waals surface area contributed by atoms with Crippen LogP contribution in [0.2, 0.25) is 0 Å². The molecule has 1 heterocycles. The molecule has 1 atom stereocenters. The molecule has 3 heteroatoms. The Morgan fingerprint density at radius 1 is 1.31 bits per heavy atom. The first kappa shape index (κ1) is 13.5. The summed E-state index contributed by atoms with van der Waals surface area (Å²) >= 11 is 0. The van der Waals surface area contributed by atoms with Crippen molar-refractivity contribution in [2.45, 2.75) is 64.7 Å². The molecule has 3 nitrogen and oxygen atoms in total. The monoisotopic (exact) mass is 224 g/mol. The van der Waals surface area contributed by atoms with E-state index in [1.807, 2.05) is 27.7 Å². The lowest BCUT2D eigenvalue weighted by Gasteiger charge is -2.35. The molecule has 0 aromatic heterocycles. The highest BCUT2D eigenvalue weighted by Gasteiger charge is 2.57. The zero-order valence-corrected chi connectivity index (χ0v) is 11.3. The normalized spacial score (nSPS) is 31.6. The number of rotatable bonds is 3. The van der Waals surface area contributed by atoms with E-state index < -0.39 is 11.1 Å². The summed E-state index contributed by atoms with van der Waals surface area (Å²) in [6, 6.07) is 2.44. The molecule has 1 fully saturated rings. The van der Waals surface area contributed by atoms with Gasteiger partial charge in [0.25, 0.3) is 0 Å². The lowest BCUT2D eigenvalue weighted by Crippen LogP contribution is -2.57. The van der Waals surface area contributed by atoms with Crippen molar-refractivity contribution >= 4 is 0 Å². The van der Waals surface area contributed by atoms with Crippen molar-refractivity contribution in [2.75, 3.05) is 6.54 Å². The van der Waals surface area contributed by atoms with Crippen molar-refractivity contribution in [3.63, 3.8) is 0 Å². The quantitative estimate of drug-likeness (QED) is 0.801. The fraction of sp³-hybridized carbons (Fsp3) is 0.923. The van der Waals surface area contributed by atoms with Gasteiger partial charge in [0.1, 0.15) is 5.54 Å². The highest BCUT2D eigenvalue weighted by Crippen LogP contribution is 2.44. The molecule has 1 rings (SSSR count). The zero-order valence-electron chi connectivity index (χ0n) is 11.3. The van der Waals surface area contributed by atoms with Crippen LogP contribution in [0, 0.1) is 17.2 Å². The summed E-state index contributed by atoms with van der Waals surface area (Å²) in [7, 11) is 0. The topological polar surface area (TPSA) is 45.0 Å². The summed E-state index contributed by atoms with van der Waals surface area (Å²) in [6.07, 6.45) is 0.732. The maximum Gasteiger partial charge on any atom is 0.138 e. The van der Waals surface area contributed by atoms with Crippen molar-refractivity contribution in [3.05, 3.63) is 0 Å². The first-order chi connectivity index (χ1) is 7.14. The van der Waals surface area contributed by atoms with Crippen LogP contribution in [-0.4, -0.2) is 23.3 Å². The van der Waals surface area contributed by atoms with Crippen LogP contribution in [0.5, 0.6) is 0 Å². The molecular formula is C13H24N2O. The molecule has 16 heavy (non-hydrogen) atoms. The van der Waals surface area contributed by atoms with Crippen LogP contribution in [0.3, 0.4) is 0 Å². The van der Waals surface area contributed by atoms with Gasteiger partial charge in [-0.15, -0.1) is 0 Å². The average Bonchev–Trinajstić information content (AvgIpc) is 2.27. The summed E-state index contributed by atoms with van der Waals surface area (Å²) in [5, 5.41) is 12.9. The molecule has 1 aliphatic rings. The van der Waals surface area contributed by atoms with Crippen LogP contribution in [0.25, 0.3) is 0 Å². The Balaban J connectivity index is 2.91. The molecule has 0 aliphatic carbocycles. The van der Waals surface area contributed by atoms with Gasteiger partial charge >= 0.3 is 0 Å². The van der Waals surface area contributed by atoms with E-state index in [1.54, 1.807) is 0 Å². The third kappa shape index (κ3) is 2.39. The number of ether oxygens (including phenoxy) is 1. The van der Waals surface area contributed by atoms with Gasteiger partial charge in [0.2, 0.25) is 0 Å². The van der Waals surface area contributed by atoms with E-state index >= 15 is 0 Å². The predicted octanol–water partition coefficient (Wildman–Crippen LogP) is 2.47. The summed E-state index contributed by atoms with van der Waals surface area (Å²) in [5.41, 5.74) is -1.25. The summed E-state index contributed by atoms with van der Waals surface area (Å²) < 4.78 is 5.99. The summed E-state index contributed by atoms with van der Waals surface area (Å²) in [6.45, 7) is 13.2. The molecule has 0 bridgehead atoms.